The molecule has 1 saturated heterocycles. The van der Waals surface area contributed by atoms with E-state index in [4.69, 9.17) is 5.73 Å². The molecule has 5 rings (SSSR count). The van der Waals surface area contributed by atoms with Crippen molar-refractivity contribution in [3.8, 4) is 28.1 Å². The first kappa shape index (κ1) is 28.5. The van der Waals surface area contributed by atoms with Gasteiger partial charge in [0.1, 0.15) is 5.82 Å². The molecule has 2 amide bonds. The molecule has 3 N–H and O–H groups in total. The van der Waals surface area contributed by atoms with E-state index in [2.05, 4.69) is 19.9 Å². The number of ether oxygens (including phenoxy) is 1. The van der Waals surface area contributed by atoms with Gasteiger partial charge in [0, 0.05) is 60.7 Å². The van der Waals surface area contributed by atoms with E-state index in [9.17, 15) is 27.2 Å². The number of hydrogen-bond acceptors (Lipinski definition) is 6. The Kier molecular flexibility index (Phi) is 7.96. The minimum Gasteiger partial charge on any atom is -0.404 e. The molecule has 1 aromatic heterocycles. The molecule has 1 saturated carbocycles. The summed E-state index contributed by atoms with van der Waals surface area (Å²) in [7, 11) is 0. The predicted octanol–water partition coefficient (Wildman–Crippen LogP) is 4.66. The summed E-state index contributed by atoms with van der Waals surface area (Å²) in [5.74, 6) is -2.73. The summed E-state index contributed by atoms with van der Waals surface area (Å²) in [4.78, 5) is 34.4. The van der Waals surface area contributed by atoms with E-state index in [1.54, 1.807) is 13.0 Å². The summed E-state index contributed by atoms with van der Waals surface area (Å²) in [6.45, 7) is 4.54. The van der Waals surface area contributed by atoms with Gasteiger partial charge in [-0.05, 0) is 50.1 Å². The molecule has 1 unspecified atom stereocenters. The van der Waals surface area contributed by atoms with Gasteiger partial charge in [0.15, 0.2) is 5.75 Å². The lowest BCUT2D eigenvalue weighted by Crippen LogP contribution is -2.53. The summed E-state index contributed by atoms with van der Waals surface area (Å²) in [6, 6.07) is 10.8. The fourth-order valence-corrected chi connectivity index (χ4v) is 5.12. The zero-order valence-corrected chi connectivity index (χ0v) is 22.2. The molecule has 0 spiro atoms. The number of nitrogens with zero attached hydrogens (tertiary/aromatic N) is 3. The molecule has 2 aromatic carbocycles. The number of primary amides is 1. The number of hydrogen-bond donors (Lipinski definition) is 2. The van der Waals surface area contributed by atoms with E-state index >= 15 is 0 Å². The van der Waals surface area contributed by atoms with Crippen LogP contribution in [0, 0.1) is 5.82 Å². The molecule has 8 nitrogen and oxygen atoms in total. The van der Waals surface area contributed by atoms with Crippen LogP contribution in [0.25, 0.3) is 22.4 Å². The maximum atomic E-state index is 14.3. The highest BCUT2D eigenvalue weighted by molar-refractivity contribution is 6.08. The third-order valence-corrected chi connectivity index (χ3v) is 7.45. The first-order valence-electron chi connectivity index (χ1n) is 13.2. The van der Waals surface area contributed by atoms with Gasteiger partial charge < -0.3 is 15.8 Å². The zero-order valence-electron chi connectivity index (χ0n) is 22.2. The second kappa shape index (κ2) is 11.5. The van der Waals surface area contributed by atoms with Gasteiger partial charge >= 0.3 is 6.36 Å². The van der Waals surface area contributed by atoms with Crippen LogP contribution in [-0.2, 0) is 4.79 Å². The number of pyridine rings is 1. The van der Waals surface area contributed by atoms with Crippen molar-refractivity contribution in [1.29, 1.82) is 0 Å². The van der Waals surface area contributed by atoms with Crippen molar-refractivity contribution < 1.29 is 31.9 Å². The van der Waals surface area contributed by atoms with Crippen molar-refractivity contribution in [2.45, 2.75) is 38.2 Å². The van der Waals surface area contributed by atoms with Crippen molar-refractivity contribution in [2.24, 2.45) is 5.73 Å². The van der Waals surface area contributed by atoms with E-state index in [0.29, 0.717) is 19.1 Å². The monoisotopic (exact) mass is 571 g/mol. The van der Waals surface area contributed by atoms with E-state index < -0.39 is 35.8 Å². The van der Waals surface area contributed by atoms with Crippen LogP contribution >= 0.6 is 0 Å². The van der Waals surface area contributed by atoms with Crippen LogP contribution < -0.4 is 15.8 Å². The minimum atomic E-state index is -5.08. The Hall–Kier alpha value is -4.03. The lowest BCUT2D eigenvalue weighted by molar-refractivity contribution is -0.274. The maximum absolute atomic E-state index is 14.3. The molecule has 3 aromatic rings. The number of carbonyl (C=O) groups is 2. The predicted molar refractivity (Wildman–Crippen MR) is 145 cm³/mol. The van der Waals surface area contributed by atoms with Crippen LogP contribution in [0.15, 0.2) is 54.7 Å². The summed E-state index contributed by atoms with van der Waals surface area (Å²) < 4.78 is 58.8. The number of carbonyl (C=O) groups excluding carboxylic acids is 2. The molecule has 0 bridgehead atoms. The average molecular weight is 572 g/mol. The Morgan fingerprint density at radius 2 is 1.76 bits per heavy atom. The maximum Gasteiger partial charge on any atom is 0.573 e. The number of benzene rings is 2. The van der Waals surface area contributed by atoms with E-state index in [-0.39, 0.29) is 33.6 Å². The van der Waals surface area contributed by atoms with Crippen LogP contribution in [-0.4, -0.2) is 71.2 Å². The third-order valence-electron chi connectivity index (χ3n) is 7.45. The normalized spacial score (nSPS) is 17.2. The Morgan fingerprint density at radius 1 is 1.05 bits per heavy atom. The lowest BCUT2D eigenvalue weighted by Gasteiger charge is -2.37. The summed E-state index contributed by atoms with van der Waals surface area (Å²) in [6.07, 6.45) is -1.46. The molecule has 2 heterocycles. The Morgan fingerprint density at radius 3 is 2.34 bits per heavy atom. The molecule has 0 radical (unpaired) electrons. The molecule has 1 aliphatic carbocycles. The second-order valence-corrected chi connectivity index (χ2v) is 10.2. The first-order valence-corrected chi connectivity index (χ1v) is 13.2. The number of nitrogens with one attached hydrogen (secondary N) is 1. The number of amides is 2. The van der Waals surface area contributed by atoms with Gasteiger partial charge in [-0.3, -0.25) is 24.4 Å². The van der Waals surface area contributed by atoms with Crippen LogP contribution in [0.2, 0.25) is 0 Å². The molecule has 1 aliphatic heterocycles. The first-order chi connectivity index (χ1) is 19.5. The number of anilines is 1. The summed E-state index contributed by atoms with van der Waals surface area (Å²) in [5, 5.41) is 2.58. The molecule has 1 atom stereocenters. The zero-order chi connectivity index (χ0) is 29.3. The molecule has 41 heavy (non-hydrogen) atoms. The fourth-order valence-electron chi connectivity index (χ4n) is 5.12. The number of piperazine rings is 1. The van der Waals surface area contributed by atoms with E-state index in [1.807, 2.05) is 4.90 Å². The van der Waals surface area contributed by atoms with Crippen molar-refractivity contribution >= 4 is 17.5 Å². The molecule has 12 heteroatoms. The van der Waals surface area contributed by atoms with Gasteiger partial charge in [-0.25, -0.2) is 4.39 Å². The molecular formula is C29H29F4N5O3. The van der Waals surface area contributed by atoms with Crippen molar-refractivity contribution in [3.05, 3.63) is 66.1 Å². The number of rotatable bonds is 8. The van der Waals surface area contributed by atoms with E-state index in [0.717, 1.165) is 25.2 Å². The van der Waals surface area contributed by atoms with Gasteiger partial charge in [-0.2, -0.15) is 0 Å². The van der Waals surface area contributed by atoms with Crippen LogP contribution in [0.1, 0.15) is 30.1 Å². The molecular weight excluding hydrogens is 542 g/mol. The third kappa shape index (κ3) is 6.49. The largest absolute Gasteiger partial charge is 0.573 e. The highest BCUT2D eigenvalue weighted by Crippen LogP contribution is 2.41. The standard InChI is InChI=1S/C29H29F4N5O3/c1-17(37-12-14-38(15-13-37)19-7-8-19)28(40)36-26-24(41-29(31,32)33)11-9-21(27(34)39)25(26)18-6-10-23(35-16-18)20-4-2-3-5-22(20)30/h2-6,9-11,16-17,19H,7-8,12-15H2,1H3,(H2,34,39)(H,36,40). The Bertz CT molecular complexity index is 1440. The quantitative estimate of drug-likeness (QED) is 0.382. The van der Waals surface area contributed by atoms with Crippen molar-refractivity contribution in [1.82, 2.24) is 14.8 Å². The number of aromatic nitrogens is 1. The van der Waals surface area contributed by atoms with Crippen LogP contribution in [0.3, 0.4) is 0 Å². The van der Waals surface area contributed by atoms with Crippen LogP contribution in [0.5, 0.6) is 5.75 Å². The van der Waals surface area contributed by atoms with Gasteiger partial charge in [-0.1, -0.05) is 18.2 Å². The fraction of sp³-hybridized carbons (Fsp3) is 0.345. The highest BCUT2D eigenvalue weighted by Gasteiger charge is 2.36. The Labute approximate surface area is 234 Å². The lowest BCUT2D eigenvalue weighted by atomic mass is 9.96. The van der Waals surface area contributed by atoms with Gasteiger partial charge in [0.25, 0.3) is 0 Å². The SMILES string of the molecule is CC(C(=O)Nc1c(OC(F)(F)F)ccc(C(N)=O)c1-c1ccc(-c2ccccc2F)nc1)N1CCN(C2CC2)CC1. The van der Waals surface area contributed by atoms with Gasteiger partial charge in [-0.15, -0.1) is 13.2 Å². The second-order valence-electron chi connectivity index (χ2n) is 10.2. The highest BCUT2D eigenvalue weighted by atomic mass is 19.4. The van der Waals surface area contributed by atoms with Gasteiger partial charge in [0.05, 0.1) is 17.4 Å². The van der Waals surface area contributed by atoms with E-state index in [1.165, 1.54) is 49.4 Å². The average Bonchev–Trinajstić information content (AvgIpc) is 3.79. The number of nitrogens with two attached hydrogens (primary N) is 1. The van der Waals surface area contributed by atoms with Crippen LogP contribution in [0.4, 0.5) is 23.2 Å². The molecule has 216 valence electrons. The summed E-state index contributed by atoms with van der Waals surface area (Å²) >= 11 is 0. The van der Waals surface area contributed by atoms with Crippen molar-refractivity contribution in [3.63, 3.8) is 0 Å². The van der Waals surface area contributed by atoms with Gasteiger partial charge in [0.2, 0.25) is 11.8 Å². The molecule has 2 fully saturated rings. The smallest absolute Gasteiger partial charge is 0.404 e. The number of alkyl halides is 3. The minimum absolute atomic E-state index is 0.0917. The summed E-state index contributed by atoms with van der Waals surface area (Å²) in [5.41, 5.74) is 5.63. The number of halogens is 4. The Balaban J connectivity index is 1.50. The van der Waals surface area contributed by atoms with Crippen molar-refractivity contribution in [2.75, 3.05) is 31.5 Å². The topological polar surface area (TPSA) is 101 Å². The molecule has 2 aliphatic rings.